The van der Waals surface area contributed by atoms with Gasteiger partial charge in [0.2, 0.25) is 0 Å². The molecule has 2 rings (SSSR count). The molecule has 0 aromatic heterocycles. The summed E-state index contributed by atoms with van der Waals surface area (Å²) in [6.45, 7) is 2.29. The van der Waals surface area contributed by atoms with Crippen LogP contribution in [0.1, 0.15) is 25.3 Å². The molecule has 4 heteroatoms. The Morgan fingerprint density at radius 2 is 2.19 bits per heavy atom. The smallest absolute Gasteiger partial charge is 0.132 e. The van der Waals surface area contributed by atoms with E-state index in [4.69, 9.17) is 16.3 Å². The van der Waals surface area contributed by atoms with Gasteiger partial charge in [0.25, 0.3) is 0 Å². The number of rotatable bonds is 1. The first-order valence-electron chi connectivity index (χ1n) is 5.25. The highest BCUT2D eigenvalue weighted by molar-refractivity contribution is 6.20. The van der Waals surface area contributed by atoms with E-state index in [1.54, 1.807) is 6.92 Å². The highest BCUT2D eigenvalue weighted by atomic mass is 35.5. The van der Waals surface area contributed by atoms with E-state index < -0.39 is 17.2 Å². The molecule has 2 unspecified atom stereocenters. The topological polar surface area (TPSA) is 9.23 Å². The van der Waals surface area contributed by atoms with Gasteiger partial charge in [-0.15, -0.1) is 11.6 Å². The van der Waals surface area contributed by atoms with E-state index in [1.807, 2.05) is 0 Å². The van der Waals surface area contributed by atoms with Gasteiger partial charge in [0.15, 0.2) is 0 Å². The first kappa shape index (κ1) is 11.8. The molecule has 1 nitrogen and oxygen atoms in total. The minimum absolute atomic E-state index is 0.0248. The van der Waals surface area contributed by atoms with Gasteiger partial charge >= 0.3 is 0 Å². The zero-order valence-electron chi connectivity index (χ0n) is 8.97. The zero-order chi connectivity index (χ0) is 11.8. The quantitative estimate of drug-likeness (QED) is 0.688. The van der Waals surface area contributed by atoms with Crippen molar-refractivity contribution in [3.8, 4) is 0 Å². The van der Waals surface area contributed by atoms with Crippen molar-refractivity contribution in [1.29, 1.82) is 0 Å². The van der Waals surface area contributed by atoms with Gasteiger partial charge in [0, 0.05) is 23.6 Å². The van der Waals surface area contributed by atoms with Crippen LogP contribution in [0.15, 0.2) is 18.2 Å². The van der Waals surface area contributed by atoms with Gasteiger partial charge in [0.1, 0.15) is 11.6 Å². The fraction of sp³-hybridized carbons (Fsp3) is 0.500. The molecular weight excluding hydrogens is 234 g/mol. The molecule has 1 aliphatic rings. The molecule has 1 aromatic carbocycles. The van der Waals surface area contributed by atoms with E-state index in [2.05, 4.69) is 0 Å². The maximum atomic E-state index is 13.6. The van der Waals surface area contributed by atoms with Crippen LogP contribution in [-0.4, -0.2) is 12.0 Å². The van der Waals surface area contributed by atoms with Crippen molar-refractivity contribution >= 4 is 11.6 Å². The average molecular weight is 247 g/mol. The van der Waals surface area contributed by atoms with Crippen molar-refractivity contribution in [2.75, 3.05) is 6.61 Å². The number of hydrogen-bond donors (Lipinski definition) is 0. The van der Waals surface area contributed by atoms with E-state index in [0.717, 1.165) is 12.5 Å². The van der Waals surface area contributed by atoms with Gasteiger partial charge in [-0.25, -0.2) is 8.78 Å². The van der Waals surface area contributed by atoms with Crippen LogP contribution in [0.2, 0.25) is 0 Å². The van der Waals surface area contributed by atoms with Crippen molar-refractivity contribution in [3.05, 3.63) is 35.4 Å². The molecule has 0 radical (unpaired) electrons. The lowest BCUT2D eigenvalue weighted by atomic mass is 9.87. The van der Waals surface area contributed by atoms with Crippen molar-refractivity contribution < 1.29 is 13.5 Å². The molecule has 88 valence electrons. The van der Waals surface area contributed by atoms with Gasteiger partial charge in [-0.2, -0.15) is 0 Å². The second-order valence-electron chi connectivity index (χ2n) is 4.29. The lowest BCUT2D eigenvalue weighted by Crippen LogP contribution is -2.36. The van der Waals surface area contributed by atoms with Gasteiger partial charge in [0.05, 0.1) is 5.60 Å². The summed E-state index contributed by atoms with van der Waals surface area (Å²) in [5, 5.41) is -0.0248. The van der Waals surface area contributed by atoms with Crippen LogP contribution in [0.25, 0.3) is 0 Å². The van der Waals surface area contributed by atoms with E-state index in [9.17, 15) is 8.78 Å². The minimum Gasteiger partial charge on any atom is -0.370 e. The summed E-state index contributed by atoms with van der Waals surface area (Å²) in [7, 11) is 0. The third-order valence-electron chi connectivity index (χ3n) is 2.96. The van der Waals surface area contributed by atoms with Crippen molar-refractivity contribution in [1.82, 2.24) is 0 Å². The van der Waals surface area contributed by atoms with Crippen LogP contribution in [0, 0.1) is 11.6 Å². The highest BCUT2D eigenvalue weighted by Crippen LogP contribution is 2.37. The van der Waals surface area contributed by atoms with E-state index in [1.165, 1.54) is 12.1 Å². The van der Waals surface area contributed by atoms with E-state index >= 15 is 0 Å². The Morgan fingerprint density at radius 3 is 2.81 bits per heavy atom. The summed E-state index contributed by atoms with van der Waals surface area (Å²) in [6.07, 6.45) is 1.30. The number of alkyl halides is 1. The van der Waals surface area contributed by atoms with Crippen LogP contribution in [0.5, 0.6) is 0 Å². The Labute approximate surface area is 98.4 Å². The summed E-state index contributed by atoms with van der Waals surface area (Å²) in [5.74, 6) is -1.16. The normalized spacial score (nSPS) is 30.4. The van der Waals surface area contributed by atoms with Crippen LogP contribution in [-0.2, 0) is 10.3 Å². The molecule has 1 fully saturated rings. The Kier molecular flexibility index (Phi) is 3.17. The average Bonchev–Trinajstić information content (AvgIpc) is 2.16. The minimum atomic E-state index is -0.748. The Morgan fingerprint density at radius 1 is 1.44 bits per heavy atom. The fourth-order valence-electron chi connectivity index (χ4n) is 2.10. The molecule has 16 heavy (non-hydrogen) atoms. The summed E-state index contributed by atoms with van der Waals surface area (Å²) in [5.41, 5.74) is -0.373. The Hall–Kier alpha value is -0.670. The maximum absolute atomic E-state index is 13.6. The molecule has 0 amide bonds. The van der Waals surface area contributed by atoms with Gasteiger partial charge in [-0.3, -0.25) is 0 Å². The number of hydrogen-bond acceptors (Lipinski definition) is 1. The number of ether oxygens (including phenoxy) is 1. The van der Waals surface area contributed by atoms with Crippen LogP contribution in [0.4, 0.5) is 8.78 Å². The van der Waals surface area contributed by atoms with Crippen molar-refractivity contribution in [3.63, 3.8) is 0 Å². The maximum Gasteiger partial charge on any atom is 0.132 e. The van der Waals surface area contributed by atoms with Gasteiger partial charge in [-0.05, 0) is 25.8 Å². The highest BCUT2D eigenvalue weighted by Gasteiger charge is 2.36. The van der Waals surface area contributed by atoms with E-state index in [0.29, 0.717) is 18.6 Å². The lowest BCUT2D eigenvalue weighted by molar-refractivity contribution is -0.0705. The van der Waals surface area contributed by atoms with Crippen LogP contribution >= 0.6 is 11.6 Å². The van der Waals surface area contributed by atoms with E-state index in [-0.39, 0.29) is 5.38 Å². The molecule has 0 spiro atoms. The predicted molar refractivity (Wildman–Crippen MR) is 58.5 cm³/mol. The molecule has 1 aliphatic heterocycles. The molecule has 0 saturated carbocycles. The SMILES string of the molecule is CC1(c2ccc(F)cc2F)CC(Cl)CCO1. The standard InChI is InChI=1S/C12H13ClF2O/c1-12(7-8(13)4-5-16-12)10-3-2-9(14)6-11(10)15/h2-3,6,8H,4-5,7H2,1H3. The second-order valence-corrected chi connectivity index (χ2v) is 4.91. The van der Waals surface area contributed by atoms with Crippen molar-refractivity contribution in [2.45, 2.75) is 30.7 Å². The summed E-state index contributed by atoms with van der Waals surface area (Å²) in [6, 6.07) is 3.55. The van der Waals surface area contributed by atoms with Crippen LogP contribution in [0.3, 0.4) is 0 Å². The molecule has 1 heterocycles. The molecule has 0 aliphatic carbocycles. The monoisotopic (exact) mass is 246 g/mol. The van der Waals surface area contributed by atoms with Gasteiger partial charge < -0.3 is 4.74 Å². The van der Waals surface area contributed by atoms with Crippen molar-refractivity contribution in [2.24, 2.45) is 0 Å². The summed E-state index contributed by atoms with van der Waals surface area (Å²) < 4.78 is 32.0. The summed E-state index contributed by atoms with van der Waals surface area (Å²) in [4.78, 5) is 0. The summed E-state index contributed by atoms with van der Waals surface area (Å²) >= 11 is 6.06. The second kappa shape index (κ2) is 4.30. The predicted octanol–water partition coefficient (Wildman–Crippen LogP) is 3.60. The number of halogens is 3. The molecular formula is C12H13ClF2O. The lowest BCUT2D eigenvalue weighted by Gasteiger charge is -2.36. The molecule has 0 N–H and O–H groups in total. The van der Waals surface area contributed by atoms with Gasteiger partial charge in [-0.1, -0.05) is 6.07 Å². The molecule has 1 saturated heterocycles. The third kappa shape index (κ3) is 2.20. The zero-order valence-corrected chi connectivity index (χ0v) is 9.73. The fourth-order valence-corrected chi connectivity index (χ4v) is 2.49. The first-order chi connectivity index (χ1) is 7.51. The number of benzene rings is 1. The molecule has 1 aromatic rings. The molecule has 0 bridgehead atoms. The Balaban J connectivity index is 2.34. The Bertz CT molecular complexity index is 397. The largest absolute Gasteiger partial charge is 0.370 e. The van der Waals surface area contributed by atoms with Crippen LogP contribution < -0.4 is 0 Å². The molecule has 2 atom stereocenters. The first-order valence-corrected chi connectivity index (χ1v) is 5.68. The third-order valence-corrected chi connectivity index (χ3v) is 3.34.